The zero-order valence-corrected chi connectivity index (χ0v) is 31.7. The van der Waals surface area contributed by atoms with Crippen LogP contribution in [0.15, 0.2) is 229 Å². The molecule has 2 heteroatoms. The molecule has 272 valence electrons. The lowest BCUT2D eigenvalue weighted by Crippen LogP contribution is -2.11. The van der Waals surface area contributed by atoms with Crippen LogP contribution in [0.3, 0.4) is 0 Å². The van der Waals surface area contributed by atoms with E-state index in [9.17, 15) is 0 Å². The van der Waals surface area contributed by atoms with Crippen LogP contribution in [0.5, 0.6) is 0 Å². The SMILES string of the molecule is c1ccc(-c2ccc(N(c3ccc4cc(-c5ccc6ccccc6c5)c5oc6ccccc6c5c4c3)c3ccccc3-c3cccc(-c4ccccc4)c3)cc2)cc1. The Hall–Kier alpha value is -7.68. The first-order chi connectivity index (χ1) is 28.7. The number of para-hydroxylation sites is 2. The molecule has 0 saturated carbocycles. The van der Waals surface area contributed by atoms with Crippen molar-refractivity contribution in [3.8, 4) is 44.5 Å². The largest absolute Gasteiger partial charge is 0.455 e. The van der Waals surface area contributed by atoms with E-state index in [-0.39, 0.29) is 0 Å². The average molecular weight is 740 g/mol. The summed E-state index contributed by atoms with van der Waals surface area (Å²) in [6.45, 7) is 0. The van der Waals surface area contributed by atoms with Crippen LogP contribution in [0.2, 0.25) is 0 Å². The second-order valence-electron chi connectivity index (χ2n) is 14.9. The van der Waals surface area contributed by atoms with Crippen LogP contribution in [0, 0.1) is 0 Å². The maximum Gasteiger partial charge on any atom is 0.143 e. The first-order valence-electron chi connectivity index (χ1n) is 19.8. The van der Waals surface area contributed by atoms with Gasteiger partial charge in [0.05, 0.1) is 5.69 Å². The van der Waals surface area contributed by atoms with Gasteiger partial charge in [-0.2, -0.15) is 0 Å². The molecule has 1 heterocycles. The van der Waals surface area contributed by atoms with Gasteiger partial charge in [0.25, 0.3) is 0 Å². The summed E-state index contributed by atoms with van der Waals surface area (Å²) in [5, 5.41) is 6.98. The number of fused-ring (bicyclic) bond motifs is 6. The molecule has 11 rings (SSSR count). The second-order valence-corrected chi connectivity index (χ2v) is 14.9. The number of benzene rings is 10. The van der Waals surface area contributed by atoms with Crippen molar-refractivity contribution in [1.29, 1.82) is 0 Å². The van der Waals surface area contributed by atoms with Crippen molar-refractivity contribution in [1.82, 2.24) is 0 Å². The van der Waals surface area contributed by atoms with E-state index in [0.29, 0.717) is 0 Å². The van der Waals surface area contributed by atoms with E-state index in [1.807, 2.05) is 0 Å². The lowest BCUT2D eigenvalue weighted by Gasteiger charge is -2.28. The zero-order valence-electron chi connectivity index (χ0n) is 31.7. The Kier molecular flexibility index (Phi) is 8.19. The van der Waals surface area contributed by atoms with Crippen molar-refractivity contribution < 1.29 is 4.42 Å². The Bertz CT molecular complexity index is 3270. The third-order valence-corrected chi connectivity index (χ3v) is 11.4. The van der Waals surface area contributed by atoms with Crippen LogP contribution < -0.4 is 4.90 Å². The highest BCUT2D eigenvalue weighted by molar-refractivity contribution is 6.23. The molecule has 0 radical (unpaired) electrons. The van der Waals surface area contributed by atoms with Crippen LogP contribution in [-0.4, -0.2) is 0 Å². The summed E-state index contributed by atoms with van der Waals surface area (Å²) in [5.41, 5.74) is 14.3. The van der Waals surface area contributed by atoms with E-state index in [1.54, 1.807) is 0 Å². The molecule has 0 N–H and O–H groups in total. The van der Waals surface area contributed by atoms with Crippen molar-refractivity contribution in [2.24, 2.45) is 0 Å². The maximum atomic E-state index is 6.79. The number of nitrogens with zero attached hydrogens (tertiary/aromatic N) is 1. The first kappa shape index (κ1) is 33.6. The predicted molar refractivity (Wildman–Crippen MR) is 245 cm³/mol. The van der Waals surface area contributed by atoms with Gasteiger partial charge in [0.1, 0.15) is 11.2 Å². The van der Waals surface area contributed by atoms with Gasteiger partial charge in [0, 0.05) is 33.3 Å². The minimum absolute atomic E-state index is 0.884. The van der Waals surface area contributed by atoms with Crippen LogP contribution >= 0.6 is 0 Å². The highest BCUT2D eigenvalue weighted by atomic mass is 16.3. The highest BCUT2D eigenvalue weighted by Crippen LogP contribution is 2.46. The van der Waals surface area contributed by atoms with E-state index < -0.39 is 0 Å². The van der Waals surface area contributed by atoms with Gasteiger partial charge in [0.15, 0.2) is 0 Å². The Morgan fingerprint density at radius 3 is 1.72 bits per heavy atom. The van der Waals surface area contributed by atoms with Crippen LogP contribution in [0.1, 0.15) is 0 Å². The lowest BCUT2D eigenvalue weighted by atomic mass is 9.94. The van der Waals surface area contributed by atoms with Gasteiger partial charge in [0.2, 0.25) is 0 Å². The predicted octanol–water partition coefficient (Wildman–Crippen LogP) is 16.0. The second kappa shape index (κ2) is 14.1. The molecule has 0 aliphatic heterocycles. The molecule has 11 aromatic rings. The topological polar surface area (TPSA) is 16.4 Å². The number of rotatable bonds is 7. The van der Waals surface area contributed by atoms with E-state index in [0.717, 1.165) is 72.0 Å². The molecular weight excluding hydrogens is 703 g/mol. The van der Waals surface area contributed by atoms with Gasteiger partial charge in [-0.15, -0.1) is 0 Å². The summed E-state index contributed by atoms with van der Waals surface area (Å²) in [7, 11) is 0. The van der Waals surface area contributed by atoms with Crippen molar-refractivity contribution in [2.75, 3.05) is 4.90 Å². The highest BCUT2D eigenvalue weighted by Gasteiger charge is 2.21. The molecule has 2 nitrogen and oxygen atoms in total. The fraction of sp³-hybridized carbons (Fsp3) is 0. The molecule has 1 aromatic heterocycles. The molecule has 0 amide bonds. The van der Waals surface area contributed by atoms with Crippen LogP contribution in [0.25, 0.3) is 88.0 Å². The molecule has 58 heavy (non-hydrogen) atoms. The Morgan fingerprint density at radius 2 is 0.897 bits per heavy atom. The smallest absolute Gasteiger partial charge is 0.143 e. The molecular formula is C56H37NO. The maximum absolute atomic E-state index is 6.79. The van der Waals surface area contributed by atoms with E-state index in [4.69, 9.17) is 4.42 Å². The third-order valence-electron chi connectivity index (χ3n) is 11.4. The molecule has 0 spiro atoms. The van der Waals surface area contributed by atoms with Crippen molar-refractivity contribution in [3.05, 3.63) is 224 Å². The molecule has 0 unspecified atom stereocenters. The number of hydrogen-bond donors (Lipinski definition) is 0. The summed E-state index contributed by atoms with van der Waals surface area (Å²) in [5.74, 6) is 0. The van der Waals surface area contributed by atoms with Gasteiger partial charge in [-0.3, -0.25) is 0 Å². The van der Waals surface area contributed by atoms with Gasteiger partial charge >= 0.3 is 0 Å². The summed E-state index contributed by atoms with van der Waals surface area (Å²) in [6.07, 6.45) is 0. The van der Waals surface area contributed by atoms with E-state index in [2.05, 4.69) is 229 Å². The summed E-state index contributed by atoms with van der Waals surface area (Å²) in [6, 6.07) is 80.7. The quantitative estimate of drug-likeness (QED) is 0.162. The van der Waals surface area contributed by atoms with Gasteiger partial charge in [-0.25, -0.2) is 0 Å². The fourth-order valence-corrected chi connectivity index (χ4v) is 8.59. The summed E-state index contributed by atoms with van der Waals surface area (Å²) < 4.78 is 6.79. The molecule has 10 aromatic carbocycles. The number of hydrogen-bond acceptors (Lipinski definition) is 2. The summed E-state index contributed by atoms with van der Waals surface area (Å²) in [4.78, 5) is 2.41. The van der Waals surface area contributed by atoms with Gasteiger partial charge in [-0.05, 0) is 110 Å². The molecule has 0 aliphatic rings. The van der Waals surface area contributed by atoms with Crippen molar-refractivity contribution in [2.45, 2.75) is 0 Å². The standard InChI is InChI=1S/C56H37NO/c1-3-14-38(15-4-1)41-28-31-47(32-29-41)57(53-24-11-9-22-49(53)44-21-13-20-43(34-44)39-16-5-2-6-17-39)48-33-30-46-36-52(45-27-26-40-18-7-8-19-42(40)35-45)56-55(51(46)37-48)50-23-10-12-25-54(50)58-56/h1-37H. The van der Waals surface area contributed by atoms with Gasteiger partial charge < -0.3 is 9.32 Å². The number of anilines is 3. The van der Waals surface area contributed by atoms with Crippen molar-refractivity contribution >= 4 is 60.5 Å². The molecule has 0 atom stereocenters. The van der Waals surface area contributed by atoms with E-state index >= 15 is 0 Å². The van der Waals surface area contributed by atoms with Crippen molar-refractivity contribution in [3.63, 3.8) is 0 Å². The average Bonchev–Trinajstić information content (AvgIpc) is 3.70. The monoisotopic (exact) mass is 739 g/mol. The normalized spacial score (nSPS) is 11.4. The minimum Gasteiger partial charge on any atom is -0.455 e. The lowest BCUT2D eigenvalue weighted by molar-refractivity contribution is 0.670. The molecule has 0 fully saturated rings. The fourth-order valence-electron chi connectivity index (χ4n) is 8.59. The molecule has 0 bridgehead atoms. The Labute approximate surface area is 337 Å². The molecule has 0 saturated heterocycles. The number of furan rings is 1. The Balaban J connectivity index is 1.13. The molecule has 0 aliphatic carbocycles. The summed E-state index contributed by atoms with van der Waals surface area (Å²) >= 11 is 0. The van der Waals surface area contributed by atoms with Gasteiger partial charge in [-0.1, -0.05) is 170 Å². The van der Waals surface area contributed by atoms with E-state index in [1.165, 1.54) is 33.0 Å². The Morgan fingerprint density at radius 1 is 0.310 bits per heavy atom. The third kappa shape index (κ3) is 5.91. The first-order valence-corrected chi connectivity index (χ1v) is 19.8. The minimum atomic E-state index is 0.884. The van der Waals surface area contributed by atoms with Crippen LogP contribution in [0.4, 0.5) is 17.1 Å². The van der Waals surface area contributed by atoms with Crippen LogP contribution in [-0.2, 0) is 0 Å². The zero-order chi connectivity index (χ0) is 38.4.